The van der Waals surface area contributed by atoms with Crippen LogP contribution in [0.4, 0.5) is 5.82 Å². The predicted molar refractivity (Wildman–Crippen MR) is 94.2 cm³/mol. The van der Waals surface area contributed by atoms with Crippen molar-refractivity contribution in [3.05, 3.63) is 47.1 Å². The van der Waals surface area contributed by atoms with E-state index in [4.69, 9.17) is 11.6 Å². The van der Waals surface area contributed by atoms with Gasteiger partial charge in [-0.2, -0.15) is 5.10 Å². The second kappa shape index (κ2) is 7.81. The molecule has 0 bridgehead atoms. The largest absolute Gasteiger partial charge is 0.316 e. The molecule has 0 saturated carbocycles. The Labute approximate surface area is 146 Å². The number of anilines is 1. The molecule has 2 heterocycles. The van der Waals surface area contributed by atoms with Crippen LogP contribution in [0.25, 0.3) is 0 Å². The van der Waals surface area contributed by atoms with E-state index < -0.39 is 0 Å². The van der Waals surface area contributed by atoms with Gasteiger partial charge in [0, 0.05) is 17.0 Å². The molecule has 1 aromatic carbocycles. The molecule has 124 valence electrons. The van der Waals surface area contributed by atoms with Gasteiger partial charge in [-0.05, 0) is 36.7 Å². The third-order valence-electron chi connectivity index (χ3n) is 4.15. The standard InChI is InChI=1S/C16H19ClN4O.ClH/c1-11(13-8-18-9-13)16(22)20-15-6-7-19-21(15)10-12-2-4-14(17)5-3-12;/h2-7,11,13,18H,8-10H2,1H3,(H,20,22);1H. The highest BCUT2D eigenvalue weighted by Crippen LogP contribution is 2.19. The summed E-state index contributed by atoms with van der Waals surface area (Å²) in [5.41, 5.74) is 1.08. The summed E-state index contributed by atoms with van der Waals surface area (Å²) in [6, 6.07) is 9.44. The molecule has 1 atom stereocenters. The molecule has 1 fully saturated rings. The van der Waals surface area contributed by atoms with Crippen LogP contribution in [0.2, 0.25) is 5.02 Å². The normalized spacial score (nSPS) is 15.4. The Bertz CT molecular complexity index is 652. The van der Waals surface area contributed by atoms with Crippen molar-refractivity contribution in [1.82, 2.24) is 15.1 Å². The SMILES string of the molecule is CC(C(=O)Nc1ccnn1Cc1ccc(Cl)cc1)C1CNC1.Cl. The maximum absolute atomic E-state index is 12.3. The number of nitrogens with zero attached hydrogens (tertiary/aromatic N) is 2. The summed E-state index contributed by atoms with van der Waals surface area (Å²) < 4.78 is 1.78. The van der Waals surface area contributed by atoms with E-state index in [9.17, 15) is 4.79 Å². The average Bonchev–Trinajstić information content (AvgIpc) is 2.86. The van der Waals surface area contributed by atoms with Gasteiger partial charge >= 0.3 is 0 Å². The van der Waals surface area contributed by atoms with Crippen LogP contribution in [0.3, 0.4) is 0 Å². The van der Waals surface area contributed by atoms with Crippen molar-refractivity contribution in [2.45, 2.75) is 13.5 Å². The highest BCUT2D eigenvalue weighted by Gasteiger charge is 2.29. The fourth-order valence-electron chi connectivity index (χ4n) is 2.45. The number of nitrogens with one attached hydrogen (secondary N) is 2. The fourth-order valence-corrected chi connectivity index (χ4v) is 2.57. The summed E-state index contributed by atoms with van der Waals surface area (Å²) >= 11 is 5.89. The Morgan fingerprint density at radius 2 is 2.09 bits per heavy atom. The quantitative estimate of drug-likeness (QED) is 0.867. The molecule has 0 radical (unpaired) electrons. The number of aromatic nitrogens is 2. The smallest absolute Gasteiger partial charge is 0.228 e. The molecule has 1 unspecified atom stereocenters. The third kappa shape index (κ3) is 4.25. The molecule has 0 spiro atoms. The van der Waals surface area contributed by atoms with Gasteiger partial charge in [0.2, 0.25) is 5.91 Å². The van der Waals surface area contributed by atoms with Crippen molar-refractivity contribution in [3.63, 3.8) is 0 Å². The van der Waals surface area contributed by atoms with Crippen molar-refractivity contribution in [2.75, 3.05) is 18.4 Å². The Hall–Kier alpha value is -1.56. The molecule has 5 nitrogen and oxygen atoms in total. The molecule has 3 rings (SSSR count). The second-order valence-corrected chi connectivity index (χ2v) is 6.13. The topological polar surface area (TPSA) is 59.0 Å². The molecule has 1 aromatic heterocycles. The second-order valence-electron chi connectivity index (χ2n) is 5.70. The van der Waals surface area contributed by atoms with Crippen LogP contribution in [0.15, 0.2) is 36.5 Å². The Balaban J connectivity index is 0.00000192. The number of hydrogen-bond donors (Lipinski definition) is 2. The molecule has 2 N–H and O–H groups in total. The van der Waals surface area contributed by atoms with Gasteiger partial charge in [0.15, 0.2) is 0 Å². The zero-order chi connectivity index (χ0) is 15.5. The molecule has 1 aliphatic rings. The van der Waals surface area contributed by atoms with E-state index in [1.165, 1.54) is 0 Å². The lowest BCUT2D eigenvalue weighted by Crippen LogP contribution is -2.48. The molecular formula is C16H20Cl2N4O. The van der Waals surface area contributed by atoms with Crippen molar-refractivity contribution in [2.24, 2.45) is 11.8 Å². The zero-order valence-corrected chi connectivity index (χ0v) is 14.4. The van der Waals surface area contributed by atoms with Crippen LogP contribution in [-0.2, 0) is 11.3 Å². The molecular weight excluding hydrogens is 335 g/mol. The van der Waals surface area contributed by atoms with Crippen molar-refractivity contribution in [1.29, 1.82) is 0 Å². The van der Waals surface area contributed by atoms with E-state index in [0.29, 0.717) is 17.5 Å². The third-order valence-corrected chi connectivity index (χ3v) is 4.40. The number of hydrogen-bond acceptors (Lipinski definition) is 3. The summed E-state index contributed by atoms with van der Waals surface area (Å²) in [6.45, 7) is 4.40. The minimum absolute atomic E-state index is 0. The summed E-state index contributed by atoms with van der Waals surface area (Å²) in [6.07, 6.45) is 1.70. The lowest BCUT2D eigenvalue weighted by Gasteiger charge is -2.31. The van der Waals surface area contributed by atoms with Gasteiger partial charge in [-0.3, -0.25) is 4.79 Å². The van der Waals surface area contributed by atoms with E-state index in [-0.39, 0.29) is 24.2 Å². The van der Waals surface area contributed by atoms with Crippen LogP contribution < -0.4 is 10.6 Å². The van der Waals surface area contributed by atoms with E-state index in [0.717, 1.165) is 24.5 Å². The minimum atomic E-state index is 0. The number of amides is 1. The number of benzene rings is 1. The van der Waals surface area contributed by atoms with Crippen molar-refractivity contribution < 1.29 is 4.79 Å². The number of halogens is 2. The molecule has 7 heteroatoms. The van der Waals surface area contributed by atoms with Crippen LogP contribution in [0, 0.1) is 11.8 Å². The van der Waals surface area contributed by atoms with Crippen LogP contribution in [-0.4, -0.2) is 28.8 Å². The maximum atomic E-state index is 12.3. The van der Waals surface area contributed by atoms with E-state index >= 15 is 0 Å². The summed E-state index contributed by atoms with van der Waals surface area (Å²) in [5, 5.41) is 11.2. The highest BCUT2D eigenvalue weighted by atomic mass is 35.5. The van der Waals surface area contributed by atoms with E-state index in [1.807, 2.05) is 37.3 Å². The lowest BCUT2D eigenvalue weighted by molar-refractivity contribution is -0.121. The number of carbonyl (C=O) groups excluding carboxylic acids is 1. The number of carbonyl (C=O) groups is 1. The Morgan fingerprint density at radius 1 is 1.39 bits per heavy atom. The minimum Gasteiger partial charge on any atom is -0.316 e. The van der Waals surface area contributed by atoms with Crippen LogP contribution in [0.1, 0.15) is 12.5 Å². The van der Waals surface area contributed by atoms with Gasteiger partial charge in [0.25, 0.3) is 0 Å². The molecule has 0 aliphatic carbocycles. The first-order valence-electron chi connectivity index (χ1n) is 7.41. The van der Waals surface area contributed by atoms with E-state index in [1.54, 1.807) is 10.9 Å². The van der Waals surface area contributed by atoms with Gasteiger partial charge in [-0.1, -0.05) is 30.7 Å². The molecule has 23 heavy (non-hydrogen) atoms. The first-order chi connectivity index (χ1) is 10.6. The monoisotopic (exact) mass is 354 g/mol. The first kappa shape index (κ1) is 17.8. The predicted octanol–water partition coefficient (Wildman–Crippen LogP) is 2.80. The Morgan fingerprint density at radius 3 is 2.70 bits per heavy atom. The van der Waals surface area contributed by atoms with Crippen molar-refractivity contribution in [3.8, 4) is 0 Å². The van der Waals surface area contributed by atoms with Gasteiger partial charge in [0.1, 0.15) is 5.82 Å². The zero-order valence-electron chi connectivity index (χ0n) is 12.8. The Kier molecular flexibility index (Phi) is 6.04. The van der Waals surface area contributed by atoms with E-state index in [2.05, 4.69) is 15.7 Å². The fraction of sp³-hybridized carbons (Fsp3) is 0.375. The highest BCUT2D eigenvalue weighted by molar-refractivity contribution is 6.30. The summed E-state index contributed by atoms with van der Waals surface area (Å²) in [4.78, 5) is 12.3. The summed E-state index contributed by atoms with van der Waals surface area (Å²) in [7, 11) is 0. The molecule has 1 aliphatic heterocycles. The summed E-state index contributed by atoms with van der Waals surface area (Å²) in [5.74, 6) is 1.19. The molecule has 2 aromatic rings. The van der Waals surface area contributed by atoms with Gasteiger partial charge in [0.05, 0.1) is 12.7 Å². The maximum Gasteiger partial charge on any atom is 0.228 e. The van der Waals surface area contributed by atoms with Gasteiger partial charge in [-0.15, -0.1) is 12.4 Å². The van der Waals surface area contributed by atoms with Gasteiger partial charge in [-0.25, -0.2) is 4.68 Å². The first-order valence-corrected chi connectivity index (χ1v) is 7.79. The van der Waals surface area contributed by atoms with Crippen LogP contribution in [0.5, 0.6) is 0 Å². The number of rotatable bonds is 5. The van der Waals surface area contributed by atoms with Crippen molar-refractivity contribution >= 4 is 35.7 Å². The lowest BCUT2D eigenvalue weighted by atomic mass is 9.88. The van der Waals surface area contributed by atoms with Gasteiger partial charge < -0.3 is 10.6 Å². The molecule has 1 amide bonds. The average molecular weight is 355 g/mol. The van der Waals surface area contributed by atoms with Crippen LogP contribution >= 0.6 is 24.0 Å². The molecule has 1 saturated heterocycles.